The van der Waals surface area contributed by atoms with Crippen molar-refractivity contribution >= 4 is 10.9 Å². The third-order valence-corrected chi connectivity index (χ3v) is 6.49. The van der Waals surface area contributed by atoms with E-state index in [0.717, 1.165) is 66.8 Å². The van der Waals surface area contributed by atoms with E-state index in [9.17, 15) is 4.79 Å². The third-order valence-electron chi connectivity index (χ3n) is 6.49. The van der Waals surface area contributed by atoms with Crippen LogP contribution in [0.25, 0.3) is 10.9 Å². The minimum absolute atomic E-state index is 0.0620. The Morgan fingerprint density at radius 1 is 1.17 bits per heavy atom. The van der Waals surface area contributed by atoms with Gasteiger partial charge in [0.1, 0.15) is 5.75 Å². The van der Waals surface area contributed by atoms with Crippen molar-refractivity contribution in [3.8, 4) is 5.75 Å². The fraction of sp³-hybridized carbons (Fsp3) is 0.524. The number of pyridine rings is 1. The van der Waals surface area contributed by atoms with Gasteiger partial charge in [-0.2, -0.15) is 0 Å². The molecule has 29 heavy (non-hydrogen) atoms. The number of hydrogen-bond donors (Lipinski definition) is 2. The summed E-state index contributed by atoms with van der Waals surface area (Å²) in [5.41, 5.74) is 1.48. The molecule has 0 unspecified atom stereocenters. The number of ether oxygens (including phenoxy) is 1. The van der Waals surface area contributed by atoms with Crippen molar-refractivity contribution in [2.45, 2.75) is 50.6 Å². The van der Waals surface area contributed by atoms with Crippen molar-refractivity contribution in [3.05, 3.63) is 46.0 Å². The van der Waals surface area contributed by atoms with E-state index < -0.39 is 0 Å². The summed E-state index contributed by atoms with van der Waals surface area (Å²) in [6.45, 7) is 2.05. The molecule has 1 aliphatic carbocycles. The molecule has 3 heterocycles. The van der Waals surface area contributed by atoms with Gasteiger partial charge in [-0.3, -0.25) is 4.79 Å². The molecule has 1 atom stereocenters. The second-order valence-electron chi connectivity index (χ2n) is 8.23. The van der Waals surface area contributed by atoms with Gasteiger partial charge in [-0.05, 0) is 47.5 Å². The number of nitrogens with zero attached hydrogens (tertiary/aromatic N) is 4. The highest BCUT2D eigenvalue weighted by Gasteiger charge is 2.37. The molecule has 8 heteroatoms. The van der Waals surface area contributed by atoms with Crippen LogP contribution in [-0.2, 0) is 0 Å². The molecule has 1 aromatic carbocycles. The van der Waals surface area contributed by atoms with Gasteiger partial charge in [-0.25, -0.2) is 4.68 Å². The van der Waals surface area contributed by atoms with E-state index >= 15 is 0 Å². The van der Waals surface area contributed by atoms with Crippen LogP contribution in [0.3, 0.4) is 0 Å². The first-order valence-electron chi connectivity index (χ1n) is 10.6. The quantitative estimate of drug-likeness (QED) is 0.682. The summed E-state index contributed by atoms with van der Waals surface area (Å²) in [6, 6.07) is 7.89. The molecule has 0 radical (unpaired) electrons. The lowest BCUT2D eigenvalue weighted by Crippen LogP contribution is -3.10. The van der Waals surface area contributed by atoms with Crippen LogP contribution in [0.4, 0.5) is 0 Å². The predicted octanol–water partition coefficient (Wildman–Crippen LogP) is 1.41. The number of likely N-dealkylation sites (tertiary alicyclic amines) is 1. The van der Waals surface area contributed by atoms with Gasteiger partial charge in [0.25, 0.3) is 5.56 Å². The van der Waals surface area contributed by atoms with Gasteiger partial charge in [-0.1, -0.05) is 12.8 Å². The van der Waals surface area contributed by atoms with Gasteiger partial charge < -0.3 is 14.6 Å². The zero-order valence-corrected chi connectivity index (χ0v) is 16.7. The van der Waals surface area contributed by atoms with Crippen molar-refractivity contribution < 1.29 is 9.64 Å². The van der Waals surface area contributed by atoms with Gasteiger partial charge in [0.05, 0.1) is 31.8 Å². The molecule has 1 saturated heterocycles. The highest BCUT2D eigenvalue weighted by atomic mass is 16.5. The highest BCUT2D eigenvalue weighted by Crippen LogP contribution is 2.31. The van der Waals surface area contributed by atoms with E-state index in [1.807, 2.05) is 28.9 Å². The molecule has 0 bridgehead atoms. The summed E-state index contributed by atoms with van der Waals surface area (Å²) in [5, 5.41) is 13.8. The van der Waals surface area contributed by atoms with Crippen molar-refractivity contribution in [1.82, 2.24) is 25.2 Å². The Hall–Kier alpha value is -2.74. The number of nitrogens with one attached hydrogen (secondary N) is 2. The van der Waals surface area contributed by atoms with Crippen molar-refractivity contribution in [2.75, 3.05) is 20.2 Å². The second kappa shape index (κ2) is 7.59. The van der Waals surface area contributed by atoms with E-state index in [4.69, 9.17) is 4.74 Å². The molecule has 8 nitrogen and oxygen atoms in total. The molecular weight excluding hydrogens is 368 g/mol. The van der Waals surface area contributed by atoms with Gasteiger partial charge in [-0.15, -0.1) is 5.10 Å². The summed E-state index contributed by atoms with van der Waals surface area (Å²) in [6.07, 6.45) is 6.95. The summed E-state index contributed by atoms with van der Waals surface area (Å²) >= 11 is 0. The minimum atomic E-state index is -0.160. The van der Waals surface area contributed by atoms with Gasteiger partial charge >= 0.3 is 0 Å². The fourth-order valence-electron chi connectivity index (χ4n) is 5.00. The molecule has 0 amide bonds. The number of H-pyrrole nitrogens is 1. The van der Waals surface area contributed by atoms with Crippen LogP contribution in [0, 0.1) is 0 Å². The first-order chi connectivity index (χ1) is 14.2. The second-order valence-corrected chi connectivity index (χ2v) is 8.23. The zero-order valence-electron chi connectivity index (χ0n) is 16.7. The van der Waals surface area contributed by atoms with Crippen LogP contribution >= 0.6 is 0 Å². The lowest BCUT2D eigenvalue weighted by atomic mass is 10.0. The Labute approximate surface area is 168 Å². The van der Waals surface area contributed by atoms with Gasteiger partial charge in [0.15, 0.2) is 6.04 Å². The Kier molecular flexibility index (Phi) is 4.79. The molecule has 1 aliphatic heterocycles. The summed E-state index contributed by atoms with van der Waals surface area (Å²) in [4.78, 5) is 17.6. The van der Waals surface area contributed by atoms with Crippen LogP contribution < -0.4 is 15.2 Å². The molecule has 2 aliphatic rings. The van der Waals surface area contributed by atoms with Crippen molar-refractivity contribution in [2.24, 2.45) is 0 Å². The number of fused-ring (bicyclic) bond motifs is 1. The Bertz CT molecular complexity index is 1060. The molecule has 5 rings (SSSR count). The normalized spacial score (nSPS) is 19.2. The third kappa shape index (κ3) is 3.31. The number of aromatic amines is 1. The first kappa shape index (κ1) is 18.3. The maximum absolute atomic E-state index is 13.1. The number of hydrogen-bond acceptors (Lipinski definition) is 5. The number of benzene rings is 1. The largest absolute Gasteiger partial charge is 0.497 e. The molecule has 0 spiro atoms. The lowest BCUT2D eigenvalue weighted by Gasteiger charge is -2.25. The molecule has 2 aromatic heterocycles. The Morgan fingerprint density at radius 3 is 2.72 bits per heavy atom. The average molecular weight is 395 g/mol. The van der Waals surface area contributed by atoms with Crippen LogP contribution in [0.1, 0.15) is 62.0 Å². The molecule has 3 aromatic rings. The minimum Gasteiger partial charge on any atom is -0.497 e. The number of rotatable bonds is 5. The molecule has 1 saturated carbocycles. The van der Waals surface area contributed by atoms with Gasteiger partial charge in [0.2, 0.25) is 5.82 Å². The smallest absolute Gasteiger partial charge is 0.258 e. The standard InChI is InChI=1S/C21H26N6O2/c1-29-16-8-9-18-14(12-16)13-17(21(28)22-18)19(26-10-4-5-11-26)20-23-24-25-27(20)15-6-2-3-7-15/h8-9,12-13,15,19H,2-7,10-11H2,1H3,(H,22,28)/p+1/t19-/m0/s1. The fourth-order valence-corrected chi connectivity index (χ4v) is 5.00. The maximum Gasteiger partial charge on any atom is 0.258 e. The Balaban J connectivity index is 1.65. The van der Waals surface area contributed by atoms with Crippen molar-refractivity contribution in [3.63, 3.8) is 0 Å². The summed E-state index contributed by atoms with van der Waals surface area (Å²) in [7, 11) is 1.65. The van der Waals surface area contributed by atoms with E-state index in [1.54, 1.807) is 7.11 Å². The van der Waals surface area contributed by atoms with E-state index in [1.165, 1.54) is 17.7 Å². The molecular formula is C21H27N6O2+. The first-order valence-corrected chi connectivity index (χ1v) is 10.6. The van der Waals surface area contributed by atoms with Crippen LogP contribution in [0.5, 0.6) is 5.75 Å². The van der Waals surface area contributed by atoms with Crippen LogP contribution in [0.2, 0.25) is 0 Å². The highest BCUT2D eigenvalue weighted by molar-refractivity contribution is 5.80. The monoisotopic (exact) mass is 395 g/mol. The van der Waals surface area contributed by atoms with Crippen molar-refractivity contribution in [1.29, 1.82) is 0 Å². The van der Waals surface area contributed by atoms with E-state index in [0.29, 0.717) is 6.04 Å². The number of tetrazole rings is 1. The van der Waals surface area contributed by atoms with E-state index in [2.05, 4.69) is 20.5 Å². The molecule has 2 fully saturated rings. The maximum atomic E-state index is 13.1. The number of aromatic nitrogens is 5. The van der Waals surface area contributed by atoms with Gasteiger partial charge in [0, 0.05) is 23.7 Å². The number of methoxy groups -OCH3 is 1. The molecule has 2 N–H and O–H groups in total. The average Bonchev–Trinajstić information content (AvgIpc) is 3.50. The number of quaternary nitrogens is 1. The van der Waals surface area contributed by atoms with Crippen LogP contribution in [0.15, 0.2) is 29.1 Å². The van der Waals surface area contributed by atoms with Crippen LogP contribution in [-0.4, -0.2) is 45.4 Å². The summed E-state index contributed by atoms with van der Waals surface area (Å²) in [5.74, 6) is 1.60. The SMILES string of the molecule is COc1ccc2[nH]c(=O)c([C@@H](c3nnnn3C3CCCC3)[NH+]3CCCC3)cc2c1. The summed E-state index contributed by atoms with van der Waals surface area (Å²) < 4.78 is 7.38. The molecule has 152 valence electrons. The predicted molar refractivity (Wildman–Crippen MR) is 108 cm³/mol. The lowest BCUT2D eigenvalue weighted by molar-refractivity contribution is -0.914. The zero-order chi connectivity index (χ0) is 19.8. The Morgan fingerprint density at radius 2 is 1.97 bits per heavy atom. The van der Waals surface area contributed by atoms with E-state index in [-0.39, 0.29) is 11.6 Å². The topological polar surface area (TPSA) is 90.1 Å².